The lowest BCUT2D eigenvalue weighted by atomic mass is 9.81. The summed E-state index contributed by atoms with van der Waals surface area (Å²) in [5, 5.41) is 12.4. The Kier molecular flexibility index (Phi) is 7.53. The second-order valence-electron chi connectivity index (χ2n) is 8.23. The molecule has 3 aromatic rings. The quantitative estimate of drug-likeness (QED) is 0.513. The number of methoxy groups -OCH3 is 1. The number of likely N-dealkylation sites (tertiary alicyclic amines) is 1. The molecule has 0 spiro atoms. The smallest absolute Gasteiger partial charge is 0.308 e. The summed E-state index contributed by atoms with van der Waals surface area (Å²) in [6.45, 7) is 1.69. The first-order valence-electron chi connectivity index (χ1n) is 10.9. The Morgan fingerprint density at radius 1 is 1.39 bits per heavy atom. The highest BCUT2D eigenvalue weighted by Gasteiger charge is 2.34. The third-order valence-corrected chi connectivity index (χ3v) is 6.81. The van der Waals surface area contributed by atoms with Crippen LogP contribution in [-0.4, -0.2) is 52.7 Å². The van der Waals surface area contributed by atoms with Crippen molar-refractivity contribution in [3.8, 4) is 17.6 Å². The number of halogens is 1. The number of pyridine rings is 1. The number of rotatable bonds is 7. The maximum absolute atomic E-state index is 15.3. The van der Waals surface area contributed by atoms with Crippen molar-refractivity contribution in [2.75, 3.05) is 26.7 Å². The minimum Gasteiger partial charge on any atom is -0.497 e. The Bertz CT molecular complexity index is 1160. The maximum Gasteiger partial charge on any atom is 0.308 e. The summed E-state index contributed by atoms with van der Waals surface area (Å²) in [4.78, 5) is 22.5. The largest absolute Gasteiger partial charge is 0.497 e. The van der Waals surface area contributed by atoms with E-state index < -0.39 is 18.1 Å². The first kappa shape index (κ1) is 23.1. The number of alkyl halides is 1. The van der Waals surface area contributed by atoms with Crippen molar-refractivity contribution in [3.05, 3.63) is 52.6 Å². The second kappa shape index (κ2) is 10.7. The van der Waals surface area contributed by atoms with E-state index in [4.69, 9.17) is 4.74 Å². The Balaban J connectivity index is 1.38. The first-order valence-corrected chi connectivity index (χ1v) is 11.9. The number of thiazole rings is 1. The van der Waals surface area contributed by atoms with Gasteiger partial charge in [0.2, 0.25) is 0 Å². The number of carboxylic acid groups (broad SMARTS) is 1. The molecule has 0 aliphatic carbocycles. The van der Waals surface area contributed by atoms with Crippen LogP contribution in [0.1, 0.15) is 36.7 Å². The van der Waals surface area contributed by atoms with Crippen molar-refractivity contribution in [1.82, 2.24) is 14.9 Å². The van der Waals surface area contributed by atoms with Crippen LogP contribution in [0, 0.1) is 23.7 Å². The van der Waals surface area contributed by atoms with E-state index in [-0.39, 0.29) is 12.3 Å². The minimum atomic E-state index is -1.20. The summed E-state index contributed by atoms with van der Waals surface area (Å²) in [6.07, 6.45) is 1.92. The zero-order valence-corrected chi connectivity index (χ0v) is 19.2. The summed E-state index contributed by atoms with van der Waals surface area (Å²) in [5.41, 5.74) is 3.76. The highest BCUT2D eigenvalue weighted by Crippen LogP contribution is 2.35. The lowest BCUT2D eigenvalue weighted by Crippen LogP contribution is -2.44. The van der Waals surface area contributed by atoms with Crippen LogP contribution < -0.4 is 4.74 Å². The van der Waals surface area contributed by atoms with E-state index in [1.165, 1.54) is 11.3 Å². The van der Waals surface area contributed by atoms with Crippen molar-refractivity contribution in [1.29, 1.82) is 0 Å². The monoisotopic (exact) mass is 467 g/mol. The van der Waals surface area contributed by atoms with Crippen LogP contribution in [0.5, 0.6) is 5.75 Å². The zero-order chi connectivity index (χ0) is 23.2. The number of carboxylic acids is 1. The summed E-state index contributed by atoms with van der Waals surface area (Å²) in [6, 6.07) is 7.12. The second-order valence-corrected chi connectivity index (χ2v) is 8.95. The van der Waals surface area contributed by atoms with Gasteiger partial charge >= 0.3 is 5.97 Å². The fraction of sp³-hybridized carbons (Fsp3) is 0.400. The zero-order valence-electron chi connectivity index (χ0n) is 18.4. The van der Waals surface area contributed by atoms with Gasteiger partial charge in [-0.05, 0) is 67.5 Å². The van der Waals surface area contributed by atoms with Crippen molar-refractivity contribution in [2.24, 2.45) is 11.8 Å². The van der Waals surface area contributed by atoms with Crippen molar-refractivity contribution in [2.45, 2.75) is 25.4 Å². The molecule has 1 N–H and O–H groups in total. The van der Waals surface area contributed by atoms with Gasteiger partial charge in [-0.15, -0.1) is 11.3 Å². The highest BCUT2D eigenvalue weighted by atomic mass is 32.1. The van der Waals surface area contributed by atoms with Crippen LogP contribution in [0.4, 0.5) is 4.39 Å². The lowest BCUT2D eigenvalue weighted by Gasteiger charge is -2.35. The van der Waals surface area contributed by atoms with Crippen LogP contribution in [0.3, 0.4) is 0 Å². The fourth-order valence-electron chi connectivity index (χ4n) is 4.42. The van der Waals surface area contributed by atoms with E-state index >= 15 is 4.39 Å². The molecule has 6 nitrogen and oxygen atoms in total. The third kappa shape index (κ3) is 5.67. The van der Waals surface area contributed by atoms with Gasteiger partial charge in [-0.2, -0.15) is 0 Å². The number of carbonyl (C=O) groups is 1. The van der Waals surface area contributed by atoms with Crippen molar-refractivity contribution < 1.29 is 19.0 Å². The van der Waals surface area contributed by atoms with Gasteiger partial charge in [-0.25, -0.2) is 9.37 Å². The molecule has 1 aliphatic heterocycles. The van der Waals surface area contributed by atoms with E-state index in [1.54, 1.807) is 37.0 Å². The van der Waals surface area contributed by atoms with Crippen LogP contribution in [0.2, 0.25) is 0 Å². The summed E-state index contributed by atoms with van der Waals surface area (Å²) in [7, 11) is 1.58. The average molecular weight is 468 g/mol. The summed E-state index contributed by atoms with van der Waals surface area (Å²) in [5.74, 6) is 5.32. The standard InChI is InChI=1S/C25H26FN3O3S/c1-32-19-5-7-24-21(13-19)20(8-10-27-24)23(26)6-4-17-9-12-29(14-22(17)25(30)31)11-2-3-18-15-33-16-28-18/h5,7-8,10,13,15-17,22-23H,4,6,9,11-12,14H2,1H3,(H,30,31)/t17-,22+,23?/m1/s1. The molecule has 0 amide bonds. The minimum absolute atomic E-state index is 0.0638. The summed E-state index contributed by atoms with van der Waals surface area (Å²) < 4.78 is 20.6. The normalized spacial score (nSPS) is 19.6. The van der Waals surface area contributed by atoms with Gasteiger partial charge in [0.1, 0.15) is 17.6 Å². The topological polar surface area (TPSA) is 75.5 Å². The van der Waals surface area contributed by atoms with Gasteiger partial charge in [-0.3, -0.25) is 14.7 Å². The molecule has 1 saturated heterocycles. The molecule has 3 atom stereocenters. The van der Waals surface area contributed by atoms with Crippen LogP contribution in [-0.2, 0) is 4.79 Å². The molecule has 0 saturated carbocycles. The number of aliphatic carboxylic acids is 1. The number of benzene rings is 1. The molecular formula is C25H26FN3O3S. The van der Waals surface area contributed by atoms with Crippen molar-refractivity contribution >= 4 is 28.2 Å². The SMILES string of the molecule is COc1ccc2nccc(C(F)CC[C@@H]3CCN(CC#Cc4cscn4)C[C@@H]3C(=O)O)c2c1. The van der Waals surface area contributed by atoms with E-state index in [1.807, 2.05) is 11.4 Å². The van der Waals surface area contributed by atoms with Crippen molar-refractivity contribution in [3.63, 3.8) is 0 Å². The van der Waals surface area contributed by atoms with Crippen LogP contribution in [0.25, 0.3) is 10.9 Å². The Morgan fingerprint density at radius 2 is 2.27 bits per heavy atom. The van der Waals surface area contributed by atoms with Crippen LogP contribution >= 0.6 is 11.3 Å². The third-order valence-electron chi connectivity index (χ3n) is 6.22. The molecule has 1 unspecified atom stereocenters. The van der Waals surface area contributed by atoms with E-state index in [9.17, 15) is 9.90 Å². The van der Waals surface area contributed by atoms with E-state index in [0.29, 0.717) is 42.8 Å². The van der Waals surface area contributed by atoms with Gasteiger partial charge in [0.15, 0.2) is 0 Å². The number of hydrogen-bond donors (Lipinski definition) is 1. The molecular weight excluding hydrogens is 441 g/mol. The molecule has 33 heavy (non-hydrogen) atoms. The summed E-state index contributed by atoms with van der Waals surface area (Å²) >= 11 is 1.49. The number of fused-ring (bicyclic) bond motifs is 1. The molecule has 0 bridgehead atoms. The molecule has 8 heteroatoms. The first-order chi connectivity index (χ1) is 16.0. The maximum atomic E-state index is 15.3. The molecule has 2 aromatic heterocycles. The number of piperidine rings is 1. The Labute approximate surface area is 196 Å². The number of hydrogen-bond acceptors (Lipinski definition) is 6. The number of ether oxygens (including phenoxy) is 1. The number of aromatic nitrogens is 2. The Hall–Kier alpha value is -3.02. The van der Waals surface area contributed by atoms with E-state index in [2.05, 4.69) is 26.7 Å². The Morgan fingerprint density at radius 3 is 3.03 bits per heavy atom. The lowest BCUT2D eigenvalue weighted by molar-refractivity contribution is -0.146. The predicted octanol–water partition coefficient (Wildman–Crippen LogP) is 4.57. The molecule has 1 aromatic carbocycles. The van der Waals surface area contributed by atoms with Crippen LogP contribution in [0.15, 0.2) is 41.4 Å². The predicted molar refractivity (Wildman–Crippen MR) is 126 cm³/mol. The molecule has 0 radical (unpaired) electrons. The molecule has 1 aliphatic rings. The van der Waals surface area contributed by atoms with Gasteiger partial charge < -0.3 is 9.84 Å². The fourth-order valence-corrected chi connectivity index (χ4v) is 4.90. The van der Waals surface area contributed by atoms with Gasteiger partial charge in [0.05, 0.1) is 30.6 Å². The molecule has 1 fully saturated rings. The van der Waals surface area contributed by atoms with Gasteiger partial charge in [0.25, 0.3) is 0 Å². The average Bonchev–Trinajstić information content (AvgIpc) is 3.35. The number of nitrogens with zero attached hydrogens (tertiary/aromatic N) is 3. The molecule has 172 valence electrons. The molecule has 3 heterocycles. The van der Waals surface area contributed by atoms with Gasteiger partial charge in [-0.1, -0.05) is 5.92 Å². The van der Waals surface area contributed by atoms with E-state index in [0.717, 1.165) is 17.6 Å². The molecule has 4 rings (SSSR count). The highest BCUT2D eigenvalue weighted by molar-refractivity contribution is 7.07. The van der Waals surface area contributed by atoms with Gasteiger partial charge in [0, 0.05) is 23.5 Å².